The first-order valence-corrected chi connectivity index (χ1v) is 8.90. The van der Waals surface area contributed by atoms with E-state index in [0.717, 1.165) is 18.6 Å². The van der Waals surface area contributed by atoms with Gasteiger partial charge in [0.1, 0.15) is 10.7 Å². The molecule has 2 N–H and O–H groups in total. The van der Waals surface area contributed by atoms with E-state index >= 15 is 0 Å². The molecule has 0 unspecified atom stereocenters. The van der Waals surface area contributed by atoms with Gasteiger partial charge in [0.05, 0.1) is 18.0 Å². The van der Waals surface area contributed by atoms with Crippen molar-refractivity contribution in [3.8, 4) is 0 Å². The van der Waals surface area contributed by atoms with Gasteiger partial charge in [0.15, 0.2) is 5.78 Å². The second kappa shape index (κ2) is 5.82. The van der Waals surface area contributed by atoms with E-state index in [1.807, 2.05) is 17.0 Å². The van der Waals surface area contributed by atoms with Crippen LogP contribution in [0.3, 0.4) is 0 Å². The molecule has 3 rings (SSSR count). The molecule has 6 nitrogen and oxygen atoms in total. The van der Waals surface area contributed by atoms with Crippen molar-refractivity contribution in [1.82, 2.24) is 0 Å². The van der Waals surface area contributed by atoms with Crippen molar-refractivity contribution in [1.29, 1.82) is 0 Å². The number of Topliss-reactive ketones (excluding diaryl/α,β-unsaturated/α-hetero) is 1. The lowest BCUT2D eigenvalue weighted by Gasteiger charge is -2.27. The fourth-order valence-corrected chi connectivity index (χ4v) is 3.80. The Morgan fingerprint density at radius 3 is 2.74 bits per heavy atom. The third-order valence-corrected chi connectivity index (χ3v) is 5.05. The number of rotatable bonds is 4. The fraction of sp³-hybridized carbons (Fsp3) is 0.312. The SMILES string of the molecule is CC(=O)c1ccc(N2CCC[C@H]2c2ccco2)c(S(N)(=O)=O)c1. The molecule has 1 atom stereocenters. The van der Waals surface area contributed by atoms with Crippen LogP contribution in [0.1, 0.15) is 41.9 Å². The molecule has 2 aromatic rings. The number of benzene rings is 1. The van der Waals surface area contributed by atoms with Crippen LogP contribution in [-0.2, 0) is 10.0 Å². The largest absolute Gasteiger partial charge is 0.467 e. The number of carbonyl (C=O) groups is 1. The van der Waals surface area contributed by atoms with Crippen LogP contribution in [-0.4, -0.2) is 20.7 Å². The Hall–Kier alpha value is -2.12. The number of furan rings is 1. The van der Waals surface area contributed by atoms with Crippen LogP contribution in [0.25, 0.3) is 0 Å². The van der Waals surface area contributed by atoms with E-state index in [9.17, 15) is 13.2 Å². The van der Waals surface area contributed by atoms with Crippen LogP contribution in [0.4, 0.5) is 5.69 Å². The van der Waals surface area contributed by atoms with Crippen LogP contribution in [0.2, 0.25) is 0 Å². The van der Waals surface area contributed by atoms with Gasteiger partial charge in [0, 0.05) is 12.1 Å². The van der Waals surface area contributed by atoms with Crippen molar-refractivity contribution >= 4 is 21.5 Å². The number of nitrogens with zero attached hydrogens (tertiary/aromatic N) is 1. The van der Waals surface area contributed by atoms with Crippen molar-refractivity contribution in [2.75, 3.05) is 11.4 Å². The molecule has 7 heteroatoms. The molecule has 0 radical (unpaired) electrons. The van der Waals surface area contributed by atoms with E-state index < -0.39 is 10.0 Å². The summed E-state index contributed by atoms with van der Waals surface area (Å²) in [6.07, 6.45) is 3.39. The molecule has 0 bridgehead atoms. The van der Waals surface area contributed by atoms with Gasteiger partial charge in [-0.25, -0.2) is 13.6 Å². The monoisotopic (exact) mass is 334 g/mol. The van der Waals surface area contributed by atoms with Crippen molar-refractivity contribution in [2.45, 2.75) is 30.7 Å². The van der Waals surface area contributed by atoms with Gasteiger partial charge in [-0.15, -0.1) is 0 Å². The topological polar surface area (TPSA) is 93.6 Å². The summed E-state index contributed by atoms with van der Waals surface area (Å²) >= 11 is 0. The molecule has 1 fully saturated rings. The Labute approximate surface area is 134 Å². The number of carbonyl (C=O) groups excluding carboxylic acids is 1. The maximum Gasteiger partial charge on any atom is 0.240 e. The minimum Gasteiger partial charge on any atom is -0.467 e. The van der Waals surface area contributed by atoms with E-state index in [1.54, 1.807) is 18.4 Å². The molecule has 23 heavy (non-hydrogen) atoms. The lowest BCUT2D eigenvalue weighted by molar-refractivity contribution is 0.101. The van der Waals surface area contributed by atoms with Gasteiger partial charge >= 0.3 is 0 Å². The average molecular weight is 334 g/mol. The van der Waals surface area contributed by atoms with E-state index in [-0.39, 0.29) is 16.7 Å². The Kier molecular flexibility index (Phi) is 3.99. The minimum atomic E-state index is -3.94. The lowest BCUT2D eigenvalue weighted by atomic mass is 10.1. The molecule has 1 aromatic carbocycles. The maximum atomic E-state index is 12.0. The zero-order valence-corrected chi connectivity index (χ0v) is 13.5. The third kappa shape index (κ3) is 3.02. The molecular formula is C16H18N2O4S. The molecule has 1 aromatic heterocycles. The summed E-state index contributed by atoms with van der Waals surface area (Å²) in [6.45, 7) is 2.09. The Morgan fingerprint density at radius 2 is 2.13 bits per heavy atom. The van der Waals surface area contributed by atoms with Crippen LogP contribution in [0.15, 0.2) is 45.9 Å². The summed E-state index contributed by atoms with van der Waals surface area (Å²) in [5, 5.41) is 5.37. The summed E-state index contributed by atoms with van der Waals surface area (Å²) < 4.78 is 29.5. The van der Waals surface area contributed by atoms with Crippen molar-refractivity contribution in [3.63, 3.8) is 0 Å². The Bertz CT molecular complexity index is 828. The van der Waals surface area contributed by atoms with Gasteiger partial charge in [-0.1, -0.05) is 0 Å². The zero-order valence-electron chi connectivity index (χ0n) is 12.7. The fourth-order valence-electron chi connectivity index (χ4n) is 3.03. The van der Waals surface area contributed by atoms with E-state index in [4.69, 9.17) is 9.56 Å². The number of anilines is 1. The van der Waals surface area contributed by atoms with Crippen molar-refractivity contribution in [3.05, 3.63) is 47.9 Å². The first kappa shape index (κ1) is 15.8. The molecule has 0 aliphatic carbocycles. The molecule has 0 amide bonds. The second-order valence-electron chi connectivity index (χ2n) is 5.65. The highest BCUT2D eigenvalue weighted by atomic mass is 32.2. The van der Waals surface area contributed by atoms with Crippen LogP contribution in [0.5, 0.6) is 0 Å². The predicted molar refractivity (Wildman–Crippen MR) is 85.8 cm³/mol. The van der Waals surface area contributed by atoms with Gasteiger partial charge in [0.25, 0.3) is 0 Å². The number of primary sulfonamides is 1. The first-order valence-electron chi connectivity index (χ1n) is 7.36. The van der Waals surface area contributed by atoms with Gasteiger partial charge in [-0.05, 0) is 50.1 Å². The highest BCUT2D eigenvalue weighted by molar-refractivity contribution is 7.89. The molecule has 122 valence electrons. The molecule has 1 aliphatic rings. The van der Waals surface area contributed by atoms with Crippen LogP contribution in [0, 0.1) is 0 Å². The third-order valence-electron chi connectivity index (χ3n) is 4.11. The van der Waals surface area contributed by atoms with Gasteiger partial charge in [0.2, 0.25) is 10.0 Å². The summed E-state index contributed by atoms with van der Waals surface area (Å²) in [6, 6.07) is 8.29. The lowest BCUT2D eigenvalue weighted by Crippen LogP contribution is -2.26. The summed E-state index contributed by atoms with van der Waals surface area (Å²) in [7, 11) is -3.94. The van der Waals surface area contributed by atoms with Crippen molar-refractivity contribution < 1.29 is 17.6 Å². The van der Waals surface area contributed by atoms with Crippen molar-refractivity contribution in [2.24, 2.45) is 5.14 Å². The van der Waals surface area contributed by atoms with Gasteiger partial charge < -0.3 is 9.32 Å². The van der Waals surface area contributed by atoms with E-state index in [1.165, 1.54) is 13.0 Å². The highest BCUT2D eigenvalue weighted by Crippen LogP contribution is 2.39. The number of hydrogen-bond acceptors (Lipinski definition) is 5. The molecule has 1 aliphatic heterocycles. The summed E-state index contributed by atoms with van der Waals surface area (Å²) in [5.74, 6) is 0.587. The zero-order chi connectivity index (χ0) is 16.6. The molecule has 1 saturated heterocycles. The Morgan fingerprint density at radius 1 is 1.35 bits per heavy atom. The quantitative estimate of drug-likeness (QED) is 0.867. The minimum absolute atomic E-state index is 0.0244. The number of hydrogen-bond donors (Lipinski definition) is 1. The smallest absolute Gasteiger partial charge is 0.240 e. The van der Waals surface area contributed by atoms with E-state index in [2.05, 4.69) is 0 Å². The van der Waals surface area contributed by atoms with Crippen LogP contribution < -0.4 is 10.0 Å². The summed E-state index contributed by atoms with van der Waals surface area (Å²) in [5.41, 5.74) is 0.836. The molecule has 2 heterocycles. The van der Waals surface area contributed by atoms with Gasteiger partial charge in [-0.2, -0.15) is 0 Å². The predicted octanol–water partition coefficient (Wildman–Crippen LogP) is 2.47. The number of sulfonamides is 1. The van der Waals surface area contributed by atoms with Gasteiger partial charge in [-0.3, -0.25) is 4.79 Å². The summed E-state index contributed by atoms with van der Waals surface area (Å²) in [4.78, 5) is 13.5. The number of nitrogens with two attached hydrogens (primary N) is 1. The normalized spacial score (nSPS) is 18.3. The highest BCUT2D eigenvalue weighted by Gasteiger charge is 2.31. The maximum absolute atomic E-state index is 12.0. The molecule has 0 saturated carbocycles. The Balaban J connectivity index is 2.10. The molecule has 0 spiro atoms. The second-order valence-corrected chi connectivity index (χ2v) is 7.18. The van der Waals surface area contributed by atoms with E-state index in [0.29, 0.717) is 17.8 Å². The average Bonchev–Trinajstić information content (AvgIpc) is 3.16. The first-order chi connectivity index (χ1) is 10.9. The molecular weight excluding hydrogens is 316 g/mol. The number of ketones is 1. The standard InChI is InChI=1S/C16H18N2O4S/c1-11(19)12-6-7-14(16(10-12)23(17,20)21)18-8-2-4-13(18)15-5-3-9-22-15/h3,5-7,9-10,13H,2,4,8H2,1H3,(H2,17,20,21)/t13-/m0/s1. The van der Waals surface area contributed by atoms with Crippen LogP contribution >= 0.6 is 0 Å².